The van der Waals surface area contributed by atoms with E-state index in [9.17, 15) is 0 Å². The van der Waals surface area contributed by atoms with Crippen molar-refractivity contribution in [3.63, 3.8) is 0 Å². The highest BCUT2D eigenvalue weighted by atomic mass is 16.6. The Labute approximate surface area is 188 Å². The lowest BCUT2D eigenvalue weighted by Gasteiger charge is -2.14. The Hall–Kier alpha value is -2.93. The van der Waals surface area contributed by atoms with E-state index in [4.69, 9.17) is 18.6 Å². The van der Waals surface area contributed by atoms with Gasteiger partial charge in [0, 0.05) is 28.8 Å². The number of benzene rings is 1. The zero-order valence-electron chi connectivity index (χ0n) is 18.9. The van der Waals surface area contributed by atoms with Crippen LogP contribution in [0, 0.1) is 6.92 Å². The van der Waals surface area contributed by atoms with E-state index in [1.807, 2.05) is 19.1 Å². The lowest BCUT2D eigenvalue weighted by atomic mass is 10.0. The Bertz CT molecular complexity index is 1100. The number of pyridine rings is 1. The molecule has 3 aromatic rings. The van der Waals surface area contributed by atoms with Gasteiger partial charge in [-0.1, -0.05) is 19.8 Å². The SMILES string of the molecule is CCc1cc(-c2nnc(-c3cc(OC)nc(C4CCCC4)c3)o2)cc(C)c1OC[C@@H]1CO1. The molecular formula is C25H29N3O4. The molecular weight excluding hydrogens is 406 g/mol. The summed E-state index contributed by atoms with van der Waals surface area (Å²) in [5.74, 6) is 2.94. The Morgan fingerprint density at radius 1 is 1.03 bits per heavy atom. The van der Waals surface area contributed by atoms with Crippen LogP contribution in [0.4, 0.5) is 0 Å². The van der Waals surface area contributed by atoms with Gasteiger partial charge in [-0.05, 0) is 55.5 Å². The molecule has 2 fully saturated rings. The van der Waals surface area contributed by atoms with Crippen molar-refractivity contribution in [3.8, 4) is 34.5 Å². The number of epoxide rings is 1. The summed E-state index contributed by atoms with van der Waals surface area (Å²) in [6.45, 7) is 5.54. The lowest BCUT2D eigenvalue weighted by molar-refractivity contribution is 0.260. The molecule has 0 unspecified atom stereocenters. The molecule has 3 heterocycles. The van der Waals surface area contributed by atoms with Gasteiger partial charge in [0.05, 0.1) is 13.7 Å². The molecule has 0 spiro atoms. The van der Waals surface area contributed by atoms with Crippen molar-refractivity contribution in [1.29, 1.82) is 0 Å². The van der Waals surface area contributed by atoms with Crippen molar-refractivity contribution >= 4 is 0 Å². The van der Waals surface area contributed by atoms with Crippen LogP contribution >= 0.6 is 0 Å². The Morgan fingerprint density at radius 3 is 2.41 bits per heavy atom. The molecule has 1 saturated carbocycles. The largest absolute Gasteiger partial charge is 0.490 e. The second kappa shape index (κ2) is 8.90. The fourth-order valence-electron chi connectivity index (χ4n) is 4.42. The molecule has 2 aromatic heterocycles. The van der Waals surface area contributed by atoms with E-state index in [1.54, 1.807) is 7.11 Å². The van der Waals surface area contributed by atoms with Gasteiger partial charge in [-0.25, -0.2) is 4.98 Å². The van der Waals surface area contributed by atoms with Crippen molar-refractivity contribution in [1.82, 2.24) is 15.2 Å². The number of ether oxygens (including phenoxy) is 3. The Balaban J connectivity index is 1.44. The normalized spacial score (nSPS) is 18.2. The Morgan fingerprint density at radius 2 is 1.75 bits per heavy atom. The minimum atomic E-state index is 0.226. The van der Waals surface area contributed by atoms with E-state index in [1.165, 1.54) is 12.8 Å². The third-order valence-corrected chi connectivity index (χ3v) is 6.27. The van der Waals surface area contributed by atoms with Crippen molar-refractivity contribution in [2.24, 2.45) is 0 Å². The summed E-state index contributed by atoms with van der Waals surface area (Å²) in [6, 6.07) is 8.03. The van der Waals surface area contributed by atoms with Crippen molar-refractivity contribution < 1.29 is 18.6 Å². The average molecular weight is 436 g/mol. The fourth-order valence-corrected chi connectivity index (χ4v) is 4.42. The van der Waals surface area contributed by atoms with Gasteiger partial charge in [0.15, 0.2) is 0 Å². The number of methoxy groups -OCH3 is 1. The molecule has 1 aliphatic carbocycles. The first-order valence-corrected chi connectivity index (χ1v) is 11.4. The third kappa shape index (κ3) is 4.35. The van der Waals surface area contributed by atoms with Gasteiger partial charge in [0.25, 0.3) is 0 Å². The van der Waals surface area contributed by atoms with E-state index in [2.05, 4.69) is 34.2 Å². The van der Waals surface area contributed by atoms with Gasteiger partial charge in [0.1, 0.15) is 18.5 Å². The van der Waals surface area contributed by atoms with Crippen LogP contribution in [0.5, 0.6) is 11.6 Å². The smallest absolute Gasteiger partial charge is 0.248 e. The molecule has 0 amide bonds. The lowest BCUT2D eigenvalue weighted by Crippen LogP contribution is -2.07. The standard InChI is InChI=1S/C25H29N3O4/c1-4-16-10-18(9-15(2)23(16)31-14-20-13-30-20)24-27-28-25(32-24)19-11-21(17-7-5-6-8-17)26-22(12-19)29-3/h9-12,17,20H,4-8,13-14H2,1-3H3/t20-/m0/s1. The summed E-state index contributed by atoms with van der Waals surface area (Å²) >= 11 is 0. The minimum Gasteiger partial charge on any atom is -0.490 e. The van der Waals surface area contributed by atoms with Gasteiger partial charge in [0.2, 0.25) is 17.7 Å². The summed E-state index contributed by atoms with van der Waals surface area (Å²) in [4.78, 5) is 4.67. The summed E-state index contributed by atoms with van der Waals surface area (Å²) in [7, 11) is 1.64. The number of aryl methyl sites for hydroxylation is 2. The van der Waals surface area contributed by atoms with Crippen molar-refractivity contribution in [2.45, 2.75) is 58.0 Å². The molecule has 7 nitrogen and oxygen atoms in total. The number of hydrogen-bond acceptors (Lipinski definition) is 7. The van der Waals surface area contributed by atoms with Gasteiger partial charge in [-0.3, -0.25) is 0 Å². The molecule has 2 aliphatic rings. The van der Waals surface area contributed by atoms with Gasteiger partial charge < -0.3 is 18.6 Å². The van der Waals surface area contributed by atoms with Crippen LogP contribution in [0.25, 0.3) is 22.9 Å². The van der Waals surface area contributed by atoms with Crippen LogP contribution in [-0.2, 0) is 11.2 Å². The minimum absolute atomic E-state index is 0.226. The van der Waals surface area contributed by atoms with Crippen LogP contribution in [0.15, 0.2) is 28.7 Å². The first-order valence-electron chi connectivity index (χ1n) is 11.4. The maximum absolute atomic E-state index is 6.11. The molecule has 168 valence electrons. The first-order chi connectivity index (χ1) is 15.6. The molecule has 1 saturated heterocycles. The van der Waals surface area contributed by atoms with Crippen molar-refractivity contribution in [2.75, 3.05) is 20.3 Å². The highest BCUT2D eigenvalue weighted by molar-refractivity contribution is 5.63. The maximum atomic E-state index is 6.11. The average Bonchev–Trinajstić information content (AvgIpc) is 3.27. The second-order valence-corrected chi connectivity index (χ2v) is 8.62. The van der Waals surface area contributed by atoms with Gasteiger partial charge >= 0.3 is 0 Å². The molecule has 0 radical (unpaired) electrons. The summed E-state index contributed by atoms with van der Waals surface area (Å²) < 4.78 is 22.8. The first kappa shape index (κ1) is 20.9. The quantitative estimate of drug-likeness (QED) is 0.455. The Kier molecular flexibility index (Phi) is 5.83. The van der Waals surface area contributed by atoms with Crippen LogP contribution in [-0.4, -0.2) is 41.6 Å². The van der Waals surface area contributed by atoms with Crippen molar-refractivity contribution in [3.05, 3.63) is 41.1 Å². The molecule has 0 bridgehead atoms. The molecule has 1 aromatic carbocycles. The summed E-state index contributed by atoms with van der Waals surface area (Å²) in [6.07, 6.45) is 5.89. The predicted octanol–water partition coefficient (Wildman–Crippen LogP) is 5.11. The monoisotopic (exact) mass is 435 g/mol. The maximum Gasteiger partial charge on any atom is 0.248 e. The third-order valence-electron chi connectivity index (χ3n) is 6.27. The fraction of sp³-hybridized carbons (Fsp3) is 0.480. The molecule has 32 heavy (non-hydrogen) atoms. The number of hydrogen-bond donors (Lipinski definition) is 0. The number of rotatable bonds is 8. The van der Waals surface area contributed by atoms with E-state index >= 15 is 0 Å². The zero-order chi connectivity index (χ0) is 22.1. The highest BCUT2D eigenvalue weighted by Crippen LogP contribution is 2.37. The van der Waals surface area contributed by atoms with Crippen LogP contribution in [0.3, 0.4) is 0 Å². The highest BCUT2D eigenvalue weighted by Gasteiger charge is 2.25. The summed E-state index contributed by atoms with van der Waals surface area (Å²) in [5.41, 5.74) is 4.95. The molecule has 0 N–H and O–H groups in total. The van der Waals surface area contributed by atoms with E-state index < -0.39 is 0 Å². The molecule has 7 heteroatoms. The molecule has 5 rings (SSSR count). The van der Waals surface area contributed by atoms with Crippen LogP contribution in [0.2, 0.25) is 0 Å². The molecule has 1 aliphatic heterocycles. The zero-order valence-corrected chi connectivity index (χ0v) is 18.9. The van der Waals surface area contributed by atoms with Crippen LogP contribution in [0.1, 0.15) is 55.3 Å². The number of nitrogens with zero attached hydrogens (tertiary/aromatic N) is 3. The van der Waals surface area contributed by atoms with Gasteiger partial charge in [-0.2, -0.15) is 0 Å². The van der Waals surface area contributed by atoms with E-state index in [-0.39, 0.29) is 6.10 Å². The van der Waals surface area contributed by atoms with E-state index in [0.717, 1.165) is 59.6 Å². The van der Waals surface area contributed by atoms with Gasteiger partial charge in [-0.15, -0.1) is 10.2 Å². The second-order valence-electron chi connectivity index (χ2n) is 8.62. The molecule has 1 atom stereocenters. The van der Waals surface area contributed by atoms with Crippen LogP contribution < -0.4 is 9.47 Å². The predicted molar refractivity (Wildman–Crippen MR) is 120 cm³/mol. The number of aromatic nitrogens is 3. The van der Waals surface area contributed by atoms with E-state index in [0.29, 0.717) is 30.2 Å². The topological polar surface area (TPSA) is 82.8 Å². The summed E-state index contributed by atoms with van der Waals surface area (Å²) in [5, 5.41) is 8.67.